The molecular weight excluding hydrogens is 219 g/mol. The molecule has 1 aromatic rings. The van der Waals surface area contributed by atoms with Gasteiger partial charge in [-0.3, -0.25) is 9.42 Å². The summed E-state index contributed by atoms with van der Waals surface area (Å²) in [7, 11) is -2.55. The van der Waals surface area contributed by atoms with Gasteiger partial charge in [0.2, 0.25) is 0 Å². The fraction of sp³-hybridized carbons (Fsp3) is 0.333. The normalized spacial score (nSPS) is 14.5. The Morgan fingerprint density at radius 2 is 1.93 bits per heavy atom. The van der Waals surface area contributed by atoms with Crippen LogP contribution in [0.1, 0.15) is 0 Å². The average Bonchev–Trinajstić information content (AvgIpc) is 2.18. The van der Waals surface area contributed by atoms with Crippen LogP contribution in [0, 0.1) is 0 Å². The molecule has 1 rings (SSSR count). The maximum atomic E-state index is 11.3. The third kappa shape index (κ3) is 4.95. The van der Waals surface area contributed by atoms with Gasteiger partial charge in [0.25, 0.3) is 0 Å². The van der Waals surface area contributed by atoms with E-state index in [-0.39, 0.29) is 13.2 Å². The van der Waals surface area contributed by atoms with Gasteiger partial charge in [-0.05, 0) is 12.1 Å². The first kappa shape index (κ1) is 12.2. The molecular formula is C9H13O5P. The molecule has 0 bridgehead atoms. The molecule has 0 aliphatic carbocycles. The molecule has 0 aliphatic heterocycles. The molecule has 5 nitrogen and oxygen atoms in total. The summed E-state index contributed by atoms with van der Waals surface area (Å²) in [6.45, 7) is 0.250. The molecule has 1 aromatic carbocycles. The largest absolute Gasteiger partial charge is 0.527 e. The zero-order valence-electron chi connectivity index (χ0n) is 8.33. The SMILES string of the molecule is COCCOP(=O)(O)Oc1ccccc1. The van der Waals surface area contributed by atoms with Crippen molar-refractivity contribution in [2.45, 2.75) is 0 Å². The second kappa shape index (κ2) is 5.88. The maximum Gasteiger partial charge on any atom is 0.527 e. The molecule has 0 spiro atoms. The Bertz CT molecular complexity index is 327. The van der Waals surface area contributed by atoms with Gasteiger partial charge in [-0.25, -0.2) is 4.57 Å². The van der Waals surface area contributed by atoms with E-state index in [9.17, 15) is 9.46 Å². The fourth-order valence-corrected chi connectivity index (χ4v) is 1.62. The lowest BCUT2D eigenvalue weighted by molar-refractivity contribution is 0.122. The predicted octanol–water partition coefficient (Wildman–Crippen LogP) is 1.83. The fourth-order valence-electron chi connectivity index (χ4n) is 0.877. The minimum absolute atomic E-state index is 0.0110. The number of rotatable bonds is 6. The predicted molar refractivity (Wildman–Crippen MR) is 54.7 cm³/mol. The summed E-state index contributed by atoms with van der Waals surface area (Å²) in [5.74, 6) is 0.292. The lowest BCUT2D eigenvalue weighted by atomic mass is 10.3. The molecule has 0 radical (unpaired) electrons. The van der Waals surface area contributed by atoms with Crippen LogP contribution in [-0.4, -0.2) is 25.2 Å². The van der Waals surface area contributed by atoms with E-state index in [4.69, 9.17) is 4.52 Å². The highest BCUT2D eigenvalue weighted by Gasteiger charge is 2.22. The second-order valence-corrected chi connectivity index (χ2v) is 4.08. The van der Waals surface area contributed by atoms with Crippen LogP contribution >= 0.6 is 7.82 Å². The molecule has 1 unspecified atom stereocenters. The molecule has 0 aromatic heterocycles. The Labute approximate surface area is 88.2 Å². The van der Waals surface area contributed by atoms with E-state index in [1.54, 1.807) is 30.3 Å². The summed E-state index contributed by atoms with van der Waals surface area (Å²) in [5.41, 5.74) is 0. The van der Waals surface area contributed by atoms with Crippen molar-refractivity contribution in [2.75, 3.05) is 20.3 Å². The van der Waals surface area contributed by atoms with Crippen molar-refractivity contribution in [2.24, 2.45) is 0 Å². The molecule has 0 fully saturated rings. The van der Waals surface area contributed by atoms with E-state index in [0.717, 1.165) is 0 Å². The van der Waals surface area contributed by atoms with Crippen LogP contribution in [0.3, 0.4) is 0 Å². The van der Waals surface area contributed by atoms with Crippen molar-refractivity contribution in [1.29, 1.82) is 0 Å². The van der Waals surface area contributed by atoms with E-state index < -0.39 is 7.82 Å². The number of hydrogen-bond donors (Lipinski definition) is 1. The number of phosphoric acid groups is 1. The van der Waals surface area contributed by atoms with Crippen molar-refractivity contribution in [3.63, 3.8) is 0 Å². The van der Waals surface area contributed by atoms with Crippen LogP contribution in [0.15, 0.2) is 30.3 Å². The van der Waals surface area contributed by atoms with Gasteiger partial charge < -0.3 is 9.26 Å². The van der Waals surface area contributed by atoms with E-state index in [1.165, 1.54) is 7.11 Å². The molecule has 0 aliphatic rings. The van der Waals surface area contributed by atoms with E-state index >= 15 is 0 Å². The number of hydrogen-bond acceptors (Lipinski definition) is 4. The van der Waals surface area contributed by atoms with Crippen LogP contribution in [-0.2, 0) is 13.8 Å². The first-order chi connectivity index (χ1) is 7.14. The number of methoxy groups -OCH3 is 1. The Morgan fingerprint density at radius 3 is 2.53 bits per heavy atom. The van der Waals surface area contributed by atoms with Gasteiger partial charge in [-0.15, -0.1) is 0 Å². The first-order valence-corrected chi connectivity index (χ1v) is 5.84. The Balaban J connectivity index is 2.46. The van der Waals surface area contributed by atoms with E-state index in [1.807, 2.05) is 0 Å². The third-order valence-electron chi connectivity index (χ3n) is 1.51. The highest BCUT2D eigenvalue weighted by atomic mass is 31.2. The van der Waals surface area contributed by atoms with Gasteiger partial charge >= 0.3 is 7.82 Å². The summed E-state index contributed by atoms with van der Waals surface area (Å²) in [4.78, 5) is 9.25. The number of para-hydroxylation sites is 1. The van der Waals surface area contributed by atoms with Crippen molar-refractivity contribution in [1.82, 2.24) is 0 Å². The molecule has 1 atom stereocenters. The Kier molecular flexibility index (Phi) is 4.78. The number of ether oxygens (including phenoxy) is 1. The molecule has 0 saturated heterocycles. The van der Waals surface area contributed by atoms with E-state index in [0.29, 0.717) is 5.75 Å². The van der Waals surface area contributed by atoms with Crippen LogP contribution < -0.4 is 4.52 Å². The van der Waals surface area contributed by atoms with Gasteiger partial charge in [0.15, 0.2) is 0 Å². The van der Waals surface area contributed by atoms with Crippen molar-refractivity contribution < 1.29 is 23.2 Å². The number of benzene rings is 1. The Morgan fingerprint density at radius 1 is 1.27 bits per heavy atom. The molecule has 15 heavy (non-hydrogen) atoms. The number of phosphoric ester groups is 1. The summed E-state index contributed by atoms with van der Waals surface area (Å²) in [6.07, 6.45) is 0. The smallest absolute Gasteiger partial charge is 0.404 e. The molecule has 0 amide bonds. The zero-order chi connectivity index (χ0) is 11.1. The summed E-state index contributed by atoms with van der Waals surface area (Å²) < 4.78 is 25.4. The maximum absolute atomic E-state index is 11.3. The average molecular weight is 232 g/mol. The monoisotopic (exact) mass is 232 g/mol. The molecule has 0 heterocycles. The zero-order valence-corrected chi connectivity index (χ0v) is 9.22. The second-order valence-electron chi connectivity index (χ2n) is 2.70. The van der Waals surface area contributed by atoms with Crippen LogP contribution in [0.2, 0.25) is 0 Å². The van der Waals surface area contributed by atoms with Crippen molar-refractivity contribution in [3.05, 3.63) is 30.3 Å². The van der Waals surface area contributed by atoms with Crippen molar-refractivity contribution >= 4 is 7.82 Å². The standard InChI is InChI=1S/C9H13O5P/c1-12-7-8-13-15(10,11)14-9-5-3-2-4-6-9/h2-6H,7-8H2,1H3,(H,10,11). The molecule has 0 saturated carbocycles. The van der Waals surface area contributed by atoms with Gasteiger partial charge in [-0.2, -0.15) is 0 Å². The quantitative estimate of drug-likeness (QED) is 0.598. The van der Waals surface area contributed by atoms with Crippen LogP contribution in [0.5, 0.6) is 5.75 Å². The van der Waals surface area contributed by atoms with Gasteiger partial charge in [-0.1, -0.05) is 18.2 Å². The topological polar surface area (TPSA) is 65.0 Å². The lowest BCUT2D eigenvalue weighted by Gasteiger charge is -2.12. The highest BCUT2D eigenvalue weighted by Crippen LogP contribution is 2.43. The lowest BCUT2D eigenvalue weighted by Crippen LogP contribution is -2.03. The van der Waals surface area contributed by atoms with Gasteiger partial charge in [0.1, 0.15) is 5.75 Å². The Hall–Kier alpha value is -0.870. The van der Waals surface area contributed by atoms with Crippen LogP contribution in [0.25, 0.3) is 0 Å². The minimum atomic E-state index is -4.02. The van der Waals surface area contributed by atoms with Crippen molar-refractivity contribution in [3.8, 4) is 5.75 Å². The highest BCUT2D eigenvalue weighted by molar-refractivity contribution is 7.47. The summed E-state index contributed by atoms with van der Waals surface area (Å²) in [6, 6.07) is 8.32. The van der Waals surface area contributed by atoms with Gasteiger partial charge in [0, 0.05) is 7.11 Å². The summed E-state index contributed by atoms with van der Waals surface area (Å²) >= 11 is 0. The van der Waals surface area contributed by atoms with Gasteiger partial charge in [0.05, 0.1) is 13.2 Å². The molecule has 6 heteroatoms. The minimum Gasteiger partial charge on any atom is -0.404 e. The molecule has 1 N–H and O–H groups in total. The van der Waals surface area contributed by atoms with Crippen LogP contribution in [0.4, 0.5) is 0 Å². The summed E-state index contributed by atoms with van der Waals surface area (Å²) in [5, 5.41) is 0. The third-order valence-corrected chi connectivity index (χ3v) is 2.46. The first-order valence-electron chi connectivity index (χ1n) is 4.35. The van der Waals surface area contributed by atoms with E-state index in [2.05, 4.69) is 9.26 Å². The molecule has 84 valence electrons.